The van der Waals surface area contributed by atoms with Crippen molar-refractivity contribution in [3.05, 3.63) is 17.7 Å². The van der Waals surface area contributed by atoms with E-state index in [1.807, 2.05) is 0 Å². The molecule has 6 nitrogen and oxygen atoms in total. The van der Waals surface area contributed by atoms with Crippen LogP contribution in [-0.2, 0) is 4.74 Å². The van der Waals surface area contributed by atoms with Crippen LogP contribution in [0.1, 0.15) is 17.3 Å². The van der Waals surface area contributed by atoms with Gasteiger partial charge in [0, 0.05) is 6.61 Å². The van der Waals surface area contributed by atoms with Gasteiger partial charge in [0.05, 0.1) is 12.7 Å². The third kappa shape index (κ3) is 3.66. The van der Waals surface area contributed by atoms with Gasteiger partial charge in [0.2, 0.25) is 0 Å². The molecule has 0 saturated heterocycles. The molecule has 0 saturated carbocycles. The lowest BCUT2D eigenvalue weighted by Crippen LogP contribution is -2.00. The van der Waals surface area contributed by atoms with E-state index in [2.05, 4.69) is 4.74 Å². The summed E-state index contributed by atoms with van der Waals surface area (Å²) < 4.78 is 4.34. The van der Waals surface area contributed by atoms with Crippen LogP contribution in [0.15, 0.2) is 12.1 Å². The maximum atomic E-state index is 10.9. The van der Waals surface area contributed by atoms with Crippen LogP contribution in [0.5, 0.6) is 17.2 Å². The minimum Gasteiger partial charge on any atom is -0.504 e. The molecule has 0 unspecified atom stereocenters. The van der Waals surface area contributed by atoms with Crippen molar-refractivity contribution in [3.63, 3.8) is 0 Å². The van der Waals surface area contributed by atoms with Gasteiger partial charge in [0.15, 0.2) is 17.2 Å². The predicted octanol–water partition coefficient (Wildman–Crippen LogP) is 0.589. The van der Waals surface area contributed by atoms with Gasteiger partial charge in [-0.25, -0.2) is 4.79 Å². The van der Waals surface area contributed by atoms with E-state index in [0.29, 0.717) is 0 Å². The molecular weight excluding hydrogens is 216 g/mol. The molecule has 1 aromatic rings. The first-order valence-corrected chi connectivity index (χ1v) is 4.42. The van der Waals surface area contributed by atoms with Crippen molar-refractivity contribution in [1.82, 2.24) is 0 Å². The number of benzene rings is 1. The van der Waals surface area contributed by atoms with Gasteiger partial charge in [-0.05, 0) is 19.1 Å². The lowest BCUT2D eigenvalue weighted by Gasteiger charge is -2.03. The van der Waals surface area contributed by atoms with Crippen molar-refractivity contribution in [1.29, 1.82) is 0 Å². The molecule has 0 amide bonds. The molecule has 0 spiro atoms. The van der Waals surface area contributed by atoms with Gasteiger partial charge in [-0.2, -0.15) is 0 Å². The molecule has 1 rings (SSSR count). The zero-order valence-electron chi connectivity index (χ0n) is 8.97. The van der Waals surface area contributed by atoms with Crippen molar-refractivity contribution >= 4 is 5.97 Å². The Hall–Kier alpha value is -1.95. The second kappa shape index (κ2) is 6.52. The Labute approximate surface area is 92.3 Å². The normalized spacial score (nSPS) is 8.94. The number of phenols is 3. The maximum absolute atomic E-state index is 10.9. The smallest absolute Gasteiger partial charge is 0.338 e. The van der Waals surface area contributed by atoms with Crippen LogP contribution in [0.2, 0.25) is 0 Å². The van der Waals surface area contributed by atoms with Crippen LogP contribution in [0.4, 0.5) is 0 Å². The number of ether oxygens (including phenoxy) is 1. The minimum absolute atomic E-state index is 0.0321. The molecule has 0 aliphatic heterocycles. The molecule has 6 heteroatoms. The average Bonchev–Trinajstić information content (AvgIpc) is 2.25. The van der Waals surface area contributed by atoms with E-state index in [1.165, 1.54) is 7.11 Å². The summed E-state index contributed by atoms with van der Waals surface area (Å²) in [4.78, 5) is 10.9. The van der Waals surface area contributed by atoms with Gasteiger partial charge in [-0.3, -0.25) is 0 Å². The van der Waals surface area contributed by atoms with E-state index >= 15 is 0 Å². The number of aliphatic hydroxyl groups is 1. The summed E-state index contributed by atoms with van der Waals surface area (Å²) in [7, 11) is 1.17. The fourth-order valence-corrected chi connectivity index (χ4v) is 0.840. The molecule has 4 N–H and O–H groups in total. The topological polar surface area (TPSA) is 107 Å². The number of aliphatic hydroxyl groups excluding tert-OH is 1. The van der Waals surface area contributed by atoms with E-state index in [0.717, 1.165) is 12.1 Å². The molecule has 1 aromatic carbocycles. The van der Waals surface area contributed by atoms with Crippen molar-refractivity contribution in [2.75, 3.05) is 13.7 Å². The molecule has 0 heterocycles. The molecule has 0 aliphatic carbocycles. The Kier molecular flexibility index (Phi) is 5.72. The van der Waals surface area contributed by atoms with E-state index in [1.54, 1.807) is 6.92 Å². The van der Waals surface area contributed by atoms with Crippen molar-refractivity contribution in [2.24, 2.45) is 0 Å². The Balaban J connectivity index is 0.000000673. The summed E-state index contributed by atoms with van der Waals surface area (Å²) in [6.07, 6.45) is 0. The van der Waals surface area contributed by atoms with E-state index in [9.17, 15) is 4.79 Å². The summed E-state index contributed by atoms with van der Waals surface area (Å²) in [6.45, 7) is 1.93. The number of esters is 1. The monoisotopic (exact) mass is 230 g/mol. The van der Waals surface area contributed by atoms with Crippen LogP contribution < -0.4 is 0 Å². The quantitative estimate of drug-likeness (QED) is 0.415. The molecule has 0 bridgehead atoms. The molecule has 0 aliphatic rings. The van der Waals surface area contributed by atoms with E-state index in [4.69, 9.17) is 20.4 Å². The lowest BCUT2D eigenvalue weighted by molar-refractivity contribution is 0.0599. The van der Waals surface area contributed by atoms with E-state index in [-0.39, 0.29) is 12.2 Å². The zero-order chi connectivity index (χ0) is 12.7. The number of carbonyl (C=O) groups is 1. The highest BCUT2D eigenvalue weighted by atomic mass is 16.5. The second-order valence-corrected chi connectivity index (χ2v) is 2.67. The van der Waals surface area contributed by atoms with Crippen molar-refractivity contribution in [3.8, 4) is 17.2 Å². The second-order valence-electron chi connectivity index (χ2n) is 2.67. The van der Waals surface area contributed by atoms with Crippen molar-refractivity contribution in [2.45, 2.75) is 6.92 Å². The summed E-state index contributed by atoms with van der Waals surface area (Å²) in [5.74, 6) is -2.50. The molecule has 16 heavy (non-hydrogen) atoms. The van der Waals surface area contributed by atoms with Crippen LogP contribution in [0.25, 0.3) is 0 Å². The number of carbonyl (C=O) groups excluding carboxylic acids is 1. The van der Waals surface area contributed by atoms with Gasteiger partial charge < -0.3 is 25.2 Å². The number of aromatic hydroxyl groups is 3. The van der Waals surface area contributed by atoms with Crippen LogP contribution in [0.3, 0.4) is 0 Å². The van der Waals surface area contributed by atoms with Crippen molar-refractivity contribution < 1.29 is 30.0 Å². The summed E-state index contributed by atoms with van der Waals surface area (Å²) >= 11 is 0. The lowest BCUT2D eigenvalue weighted by atomic mass is 10.2. The highest BCUT2D eigenvalue weighted by molar-refractivity contribution is 5.90. The first-order chi connectivity index (χ1) is 7.47. The van der Waals surface area contributed by atoms with Crippen LogP contribution in [-0.4, -0.2) is 40.1 Å². The number of phenolic OH excluding ortho intramolecular Hbond substituents is 3. The third-order valence-corrected chi connectivity index (χ3v) is 1.49. The molecular formula is C10H14O6. The SMILES string of the molecule is CCO.COC(=O)c1cc(O)c(O)c(O)c1. The number of hydrogen-bond donors (Lipinski definition) is 4. The number of methoxy groups -OCH3 is 1. The Bertz CT molecular complexity index is 337. The van der Waals surface area contributed by atoms with Gasteiger partial charge in [0.1, 0.15) is 0 Å². The first-order valence-electron chi connectivity index (χ1n) is 4.42. The molecule has 0 atom stereocenters. The summed E-state index contributed by atoms with van der Waals surface area (Å²) in [5, 5.41) is 34.5. The first kappa shape index (κ1) is 14.1. The third-order valence-electron chi connectivity index (χ3n) is 1.49. The van der Waals surface area contributed by atoms with Gasteiger partial charge in [-0.15, -0.1) is 0 Å². The standard InChI is InChI=1S/C8H8O5.C2H6O/c1-13-8(12)4-2-5(9)7(11)6(10)3-4;1-2-3/h2-3,9-11H,1H3;3H,2H2,1H3. The van der Waals surface area contributed by atoms with Crippen LogP contribution >= 0.6 is 0 Å². The van der Waals surface area contributed by atoms with Gasteiger partial charge >= 0.3 is 5.97 Å². The molecule has 0 aromatic heterocycles. The highest BCUT2D eigenvalue weighted by Gasteiger charge is 2.13. The Morgan fingerprint density at radius 3 is 1.94 bits per heavy atom. The largest absolute Gasteiger partial charge is 0.504 e. The molecule has 0 radical (unpaired) electrons. The fourth-order valence-electron chi connectivity index (χ4n) is 0.840. The minimum atomic E-state index is -0.703. The highest BCUT2D eigenvalue weighted by Crippen LogP contribution is 2.35. The summed E-state index contributed by atoms with van der Waals surface area (Å²) in [5.41, 5.74) is -0.0321. The number of hydrogen-bond acceptors (Lipinski definition) is 6. The predicted molar refractivity (Wildman–Crippen MR) is 55.5 cm³/mol. The molecule has 0 fully saturated rings. The maximum Gasteiger partial charge on any atom is 0.338 e. The summed E-state index contributed by atoms with van der Waals surface area (Å²) in [6, 6.07) is 2.00. The molecule has 90 valence electrons. The zero-order valence-corrected chi connectivity index (χ0v) is 8.97. The fraction of sp³-hybridized carbons (Fsp3) is 0.300. The van der Waals surface area contributed by atoms with E-state index < -0.39 is 23.2 Å². The Morgan fingerprint density at radius 1 is 1.25 bits per heavy atom. The van der Waals surface area contributed by atoms with Gasteiger partial charge in [-0.1, -0.05) is 0 Å². The van der Waals surface area contributed by atoms with Crippen LogP contribution in [0, 0.1) is 0 Å². The Morgan fingerprint density at radius 2 is 1.62 bits per heavy atom. The van der Waals surface area contributed by atoms with Gasteiger partial charge in [0.25, 0.3) is 0 Å². The number of rotatable bonds is 1. The average molecular weight is 230 g/mol.